The number of carbonyl (C=O) groups is 1. The summed E-state index contributed by atoms with van der Waals surface area (Å²) in [7, 11) is 0.730. The molecule has 0 saturated carbocycles. The van der Waals surface area contributed by atoms with Gasteiger partial charge in [-0.05, 0) is 81.0 Å². The van der Waals surface area contributed by atoms with Crippen molar-refractivity contribution in [1.82, 2.24) is 0 Å². The van der Waals surface area contributed by atoms with Gasteiger partial charge in [0.05, 0.1) is 6.61 Å². The molecule has 0 bridgehead atoms. The maximum atomic E-state index is 13.0. The predicted molar refractivity (Wildman–Crippen MR) is 117 cm³/mol. The molecule has 0 aliphatic heterocycles. The first-order valence-corrected chi connectivity index (χ1v) is 10.8. The van der Waals surface area contributed by atoms with Gasteiger partial charge in [0.25, 0.3) is 0 Å². The van der Waals surface area contributed by atoms with E-state index >= 15 is 0 Å². The fourth-order valence-corrected chi connectivity index (χ4v) is 4.41. The summed E-state index contributed by atoms with van der Waals surface area (Å²) < 4.78 is 5.86. The van der Waals surface area contributed by atoms with Crippen molar-refractivity contribution < 1.29 is 28.4 Å². The molecule has 0 atom stereocenters. The van der Waals surface area contributed by atoms with Crippen molar-refractivity contribution in [3.8, 4) is 5.75 Å². The van der Waals surface area contributed by atoms with Gasteiger partial charge >= 0.3 is 18.9 Å². The maximum Gasteiger partial charge on any atom is 1.00 e. The van der Waals surface area contributed by atoms with Gasteiger partial charge in [-0.3, -0.25) is 0 Å². The van der Waals surface area contributed by atoms with E-state index in [2.05, 4.69) is 46.8 Å². The minimum atomic E-state index is 0. The van der Waals surface area contributed by atoms with Crippen molar-refractivity contribution >= 4 is 19.4 Å². The van der Waals surface area contributed by atoms with Gasteiger partial charge in [0, 0.05) is 5.52 Å². The van der Waals surface area contributed by atoms with Crippen LogP contribution in [0.4, 0.5) is 0 Å². The summed E-state index contributed by atoms with van der Waals surface area (Å²) in [6.07, 6.45) is 4.81. The van der Waals surface area contributed by atoms with E-state index in [1.54, 1.807) is 0 Å². The molecule has 0 aromatic heterocycles. The Labute approximate surface area is 184 Å². The second-order valence-corrected chi connectivity index (χ2v) is 8.52. The molecule has 2 aromatic carbocycles. The molecule has 0 radical (unpaired) electrons. The molecule has 0 heterocycles. The van der Waals surface area contributed by atoms with Crippen LogP contribution in [0.2, 0.25) is 0 Å². The molecule has 2 rings (SSSR count). The van der Waals surface area contributed by atoms with Gasteiger partial charge in [0.1, 0.15) is 5.75 Å². The molecular weight excluding hydrogens is 358 g/mol. The number of hydrogen-bond donors (Lipinski definition) is 0. The molecule has 0 aliphatic rings. The van der Waals surface area contributed by atoms with Crippen molar-refractivity contribution in [2.24, 2.45) is 0 Å². The number of carbonyl (C=O) groups excluding carboxylic acids is 1. The van der Waals surface area contributed by atoms with Gasteiger partial charge in [-0.1, -0.05) is 43.9 Å². The molecule has 0 amide bonds. The van der Waals surface area contributed by atoms with Crippen LogP contribution in [0.5, 0.6) is 5.75 Å². The average molecular weight is 390 g/mol. The Balaban J connectivity index is 0.00000392. The Morgan fingerprint density at radius 1 is 0.893 bits per heavy atom. The van der Waals surface area contributed by atoms with Crippen LogP contribution in [0.25, 0.3) is 0 Å². The van der Waals surface area contributed by atoms with Gasteiger partial charge in [0.15, 0.2) is 0 Å². The van der Waals surface area contributed by atoms with E-state index in [4.69, 9.17) is 4.74 Å². The fraction of sp³-hybridized carbons (Fsp3) is 0.458. The molecule has 0 N–H and O–H groups in total. The number of aryl methyl sites for hydroxylation is 3. The van der Waals surface area contributed by atoms with Crippen LogP contribution < -0.4 is 28.9 Å². The smallest absolute Gasteiger partial charge is 0.494 e. The predicted octanol–water partition coefficient (Wildman–Crippen LogP) is 3.60. The van der Waals surface area contributed by atoms with Crippen LogP contribution in [0.1, 0.15) is 70.8 Å². The van der Waals surface area contributed by atoms with E-state index in [9.17, 15) is 4.79 Å². The molecule has 0 fully saturated rings. The van der Waals surface area contributed by atoms with Crippen LogP contribution in [0, 0.1) is 34.6 Å². The monoisotopic (exact) mass is 390 g/mol. The average Bonchev–Trinajstić information content (AvgIpc) is 2.62. The van der Waals surface area contributed by atoms with Gasteiger partial charge in [-0.25, -0.2) is 0 Å². The minimum absolute atomic E-state index is 0. The van der Waals surface area contributed by atoms with Gasteiger partial charge < -0.3 is 18.1 Å². The van der Waals surface area contributed by atoms with Crippen molar-refractivity contribution in [3.63, 3.8) is 0 Å². The van der Waals surface area contributed by atoms with E-state index in [1.807, 2.05) is 19.1 Å². The zero-order chi connectivity index (χ0) is 20.0. The van der Waals surface area contributed by atoms with Crippen LogP contribution in [-0.4, -0.2) is 12.1 Å². The molecule has 0 aliphatic carbocycles. The Kier molecular flexibility index (Phi) is 10.5. The summed E-state index contributed by atoms with van der Waals surface area (Å²) in [5.74, 6) is 0.897. The van der Waals surface area contributed by atoms with Gasteiger partial charge in [-0.2, -0.15) is 5.30 Å². The summed E-state index contributed by atoms with van der Waals surface area (Å²) in [4.78, 5) is 13.0. The summed E-state index contributed by atoms with van der Waals surface area (Å²) in [5, 5.41) is 1.05. The molecule has 146 valence electrons. The summed E-state index contributed by atoms with van der Waals surface area (Å²) >= 11 is 0. The Morgan fingerprint density at radius 3 is 2.25 bits per heavy atom. The minimum Gasteiger partial charge on any atom is -0.494 e. The first-order chi connectivity index (χ1) is 12.8. The van der Waals surface area contributed by atoms with E-state index in [0.29, 0.717) is 0 Å². The summed E-state index contributed by atoms with van der Waals surface area (Å²) in [5.41, 5.74) is 6.78. The molecule has 2 nitrogen and oxygen atoms in total. The fourth-order valence-electron chi connectivity index (χ4n) is 3.34. The van der Waals surface area contributed by atoms with Crippen molar-refractivity contribution in [3.05, 3.63) is 57.6 Å². The summed E-state index contributed by atoms with van der Waals surface area (Å²) in [6, 6.07) is 8.19. The molecule has 0 saturated heterocycles. The SMILES string of the molecule is CCCCCCOc1ccc([P-]C(=O)c2c(C)cc(C)c(C)c2C)c(C)c1.[Li+]. The molecule has 28 heavy (non-hydrogen) atoms. The van der Waals surface area contributed by atoms with Crippen LogP contribution >= 0.6 is 8.58 Å². The zero-order valence-corrected chi connectivity index (χ0v) is 19.5. The third-order valence-corrected chi connectivity index (χ3v) is 6.40. The first-order valence-electron chi connectivity index (χ1n) is 9.92. The van der Waals surface area contributed by atoms with E-state index in [1.165, 1.54) is 30.4 Å². The van der Waals surface area contributed by atoms with Crippen LogP contribution in [0.3, 0.4) is 0 Å². The third kappa shape index (κ3) is 6.49. The van der Waals surface area contributed by atoms with E-state index in [0.717, 1.165) is 54.9 Å². The molecular formula is C24H32LiO2P. The van der Waals surface area contributed by atoms with Crippen LogP contribution in [0.15, 0.2) is 24.3 Å². The Bertz CT molecular complexity index is 815. The van der Waals surface area contributed by atoms with Crippen molar-refractivity contribution in [1.29, 1.82) is 0 Å². The van der Waals surface area contributed by atoms with E-state index < -0.39 is 0 Å². The topological polar surface area (TPSA) is 26.3 Å². The number of ether oxygens (including phenoxy) is 1. The Morgan fingerprint density at radius 2 is 1.61 bits per heavy atom. The molecule has 0 unspecified atom stereocenters. The largest absolute Gasteiger partial charge is 1.00 e. The Hall–Kier alpha value is -1.06. The number of rotatable bonds is 9. The normalized spacial score (nSPS) is 10.9. The van der Waals surface area contributed by atoms with Gasteiger partial charge in [0.2, 0.25) is 0 Å². The molecule has 0 spiro atoms. The number of hydrogen-bond acceptors (Lipinski definition) is 2. The molecule has 4 heteroatoms. The maximum absolute atomic E-state index is 13.0. The van der Waals surface area contributed by atoms with E-state index in [-0.39, 0.29) is 24.4 Å². The van der Waals surface area contributed by atoms with Crippen LogP contribution in [-0.2, 0) is 0 Å². The summed E-state index contributed by atoms with van der Waals surface area (Å²) in [6.45, 7) is 13.3. The van der Waals surface area contributed by atoms with Crippen molar-refractivity contribution in [2.75, 3.05) is 6.61 Å². The van der Waals surface area contributed by atoms with Gasteiger partial charge in [-0.15, -0.1) is 0 Å². The third-order valence-electron chi connectivity index (χ3n) is 5.23. The second-order valence-electron chi connectivity index (χ2n) is 7.41. The number of benzene rings is 2. The van der Waals surface area contributed by atoms with Crippen molar-refractivity contribution in [2.45, 2.75) is 67.2 Å². The quantitative estimate of drug-likeness (QED) is 0.372. The first kappa shape index (κ1) is 25.0. The molecule has 2 aromatic rings. The number of unbranched alkanes of at least 4 members (excludes halogenated alkanes) is 3. The second kappa shape index (κ2) is 11.8. The zero-order valence-electron chi connectivity index (χ0n) is 18.6. The standard InChI is InChI=1S/C24H32O2P.Li/c1-7-8-9-10-13-26-21-11-12-22(17(3)15-21)27-24(25)23-18(4)14-16(2)19(5)20(23)6;/h11-12,14-15H,7-10,13H2,1-6H3;/q-1;+1.